The van der Waals surface area contributed by atoms with Crippen LogP contribution in [0.5, 0.6) is 0 Å². The van der Waals surface area contributed by atoms with Gasteiger partial charge in [0.15, 0.2) is 0 Å². The number of aliphatic carboxylic acids is 1. The predicted octanol–water partition coefficient (Wildman–Crippen LogP) is 1.28. The summed E-state index contributed by atoms with van der Waals surface area (Å²) in [6, 6.07) is 0. The third-order valence-electron chi connectivity index (χ3n) is 4.48. The Bertz CT molecular complexity index is 364. The number of hydrogen-bond donors (Lipinski definition) is 2. The number of hydrogen-bond acceptors (Lipinski definition) is 3. The predicted molar refractivity (Wildman–Crippen MR) is 69.6 cm³/mol. The van der Waals surface area contributed by atoms with Crippen molar-refractivity contribution in [2.75, 3.05) is 19.8 Å². The van der Waals surface area contributed by atoms with E-state index in [1.807, 2.05) is 0 Å². The van der Waals surface area contributed by atoms with Crippen molar-refractivity contribution in [3.63, 3.8) is 0 Å². The molecule has 1 saturated heterocycles. The Balaban J connectivity index is 1.91. The molecule has 5 heteroatoms. The molecule has 2 N–H and O–H groups in total. The maximum atomic E-state index is 12.2. The molecule has 1 amide bonds. The topological polar surface area (TPSA) is 75.6 Å². The van der Waals surface area contributed by atoms with Crippen molar-refractivity contribution in [2.45, 2.75) is 33.1 Å². The van der Waals surface area contributed by atoms with Gasteiger partial charge < -0.3 is 15.2 Å². The zero-order valence-electron chi connectivity index (χ0n) is 11.6. The number of amides is 1. The molecule has 1 unspecified atom stereocenters. The summed E-state index contributed by atoms with van der Waals surface area (Å²) in [5.41, 5.74) is 0.0249. The van der Waals surface area contributed by atoms with E-state index in [0.717, 1.165) is 6.42 Å². The van der Waals surface area contributed by atoms with Crippen LogP contribution < -0.4 is 5.32 Å². The number of carbonyl (C=O) groups excluding carboxylic acids is 1. The van der Waals surface area contributed by atoms with Crippen LogP contribution in [0.2, 0.25) is 0 Å². The third-order valence-corrected chi connectivity index (χ3v) is 4.48. The highest BCUT2D eigenvalue weighted by molar-refractivity contribution is 5.85. The monoisotopic (exact) mass is 269 g/mol. The van der Waals surface area contributed by atoms with Gasteiger partial charge in [-0.1, -0.05) is 20.3 Å². The molecular formula is C14H23NO4. The Morgan fingerprint density at radius 1 is 1.32 bits per heavy atom. The lowest BCUT2D eigenvalue weighted by Gasteiger charge is -2.38. The second-order valence-electron chi connectivity index (χ2n) is 6.32. The molecule has 0 radical (unpaired) electrons. The van der Waals surface area contributed by atoms with E-state index < -0.39 is 11.9 Å². The van der Waals surface area contributed by atoms with Crippen LogP contribution in [0.25, 0.3) is 0 Å². The van der Waals surface area contributed by atoms with Gasteiger partial charge in [-0.05, 0) is 18.8 Å². The fourth-order valence-electron chi connectivity index (χ4n) is 3.02. The number of rotatable bonds is 5. The van der Waals surface area contributed by atoms with Crippen molar-refractivity contribution in [1.82, 2.24) is 5.32 Å². The summed E-state index contributed by atoms with van der Waals surface area (Å²) in [7, 11) is 0. The van der Waals surface area contributed by atoms with Crippen LogP contribution in [-0.4, -0.2) is 36.7 Å². The fraction of sp³-hybridized carbons (Fsp3) is 0.857. The van der Waals surface area contributed by atoms with E-state index in [9.17, 15) is 14.7 Å². The molecule has 5 nitrogen and oxygen atoms in total. The molecule has 1 heterocycles. The van der Waals surface area contributed by atoms with Crippen LogP contribution in [-0.2, 0) is 14.3 Å². The third kappa shape index (κ3) is 3.08. The van der Waals surface area contributed by atoms with Gasteiger partial charge >= 0.3 is 5.97 Å². The van der Waals surface area contributed by atoms with Crippen molar-refractivity contribution >= 4 is 11.9 Å². The van der Waals surface area contributed by atoms with Crippen LogP contribution >= 0.6 is 0 Å². The van der Waals surface area contributed by atoms with Crippen molar-refractivity contribution in [1.29, 1.82) is 0 Å². The minimum atomic E-state index is -0.839. The van der Waals surface area contributed by atoms with Crippen LogP contribution in [0.3, 0.4) is 0 Å². The van der Waals surface area contributed by atoms with Crippen molar-refractivity contribution < 1.29 is 19.4 Å². The second-order valence-corrected chi connectivity index (χ2v) is 6.32. The number of carboxylic acids is 1. The van der Waals surface area contributed by atoms with E-state index in [4.69, 9.17) is 4.74 Å². The first kappa shape index (κ1) is 14.3. The molecule has 19 heavy (non-hydrogen) atoms. The van der Waals surface area contributed by atoms with E-state index in [-0.39, 0.29) is 17.2 Å². The van der Waals surface area contributed by atoms with Crippen molar-refractivity contribution in [3.05, 3.63) is 0 Å². The largest absolute Gasteiger partial charge is 0.481 e. The average molecular weight is 269 g/mol. The van der Waals surface area contributed by atoms with E-state index in [2.05, 4.69) is 19.2 Å². The normalized spacial score (nSPS) is 32.6. The average Bonchev–Trinajstić information content (AvgIpc) is 2.78. The summed E-state index contributed by atoms with van der Waals surface area (Å²) >= 11 is 0. The molecule has 0 aromatic heterocycles. The molecule has 2 fully saturated rings. The first-order valence-corrected chi connectivity index (χ1v) is 7.03. The summed E-state index contributed by atoms with van der Waals surface area (Å²) < 4.78 is 5.14. The zero-order valence-corrected chi connectivity index (χ0v) is 11.6. The maximum absolute atomic E-state index is 12.2. The van der Waals surface area contributed by atoms with Gasteiger partial charge in [0.25, 0.3) is 0 Å². The number of carboxylic acid groups (broad SMARTS) is 1. The molecule has 1 saturated carbocycles. The van der Waals surface area contributed by atoms with Gasteiger partial charge in [0, 0.05) is 12.0 Å². The maximum Gasteiger partial charge on any atom is 0.307 e. The fourth-order valence-corrected chi connectivity index (χ4v) is 3.02. The molecule has 1 aliphatic heterocycles. The summed E-state index contributed by atoms with van der Waals surface area (Å²) in [4.78, 5) is 23.4. The SMILES string of the molecule is CCC1C[C@H](C(=O)NCC2(C)COC2)[C@H](C(=O)O)C1. The zero-order chi connectivity index (χ0) is 14.0. The summed E-state index contributed by atoms with van der Waals surface area (Å²) in [6.07, 6.45) is 2.27. The molecular weight excluding hydrogens is 246 g/mol. The first-order valence-electron chi connectivity index (χ1n) is 7.03. The van der Waals surface area contributed by atoms with Crippen molar-refractivity contribution in [3.8, 4) is 0 Å². The molecule has 3 atom stereocenters. The summed E-state index contributed by atoms with van der Waals surface area (Å²) in [6.45, 7) is 6.02. The molecule has 2 rings (SSSR count). The van der Waals surface area contributed by atoms with E-state index in [0.29, 0.717) is 38.5 Å². The minimum absolute atomic E-state index is 0.0249. The Morgan fingerprint density at radius 3 is 2.42 bits per heavy atom. The van der Waals surface area contributed by atoms with Gasteiger partial charge in [0.2, 0.25) is 5.91 Å². The molecule has 0 aromatic carbocycles. The molecule has 2 aliphatic rings. The van der Waals surface area contributed by atoms with Gasteiger partial charge in [0.1, 0.15) is 0 Å². The number of nitrogens with one attached hydrogen (secondary N) is 1. The molecule has 108 valence electrons. The second kappa shape index (κ2) is 5.49. The molecule has 0 aromatic rings. The Morgan fingerprint density at radius 2 is 1.95 bits per heavy atom. The smallest absolute Gasteiger partial charge is 0.307 e. The quantitative estimate of drug-likeness (QED) is 0.788. The lowest BCUT2D eigenvalue weighted by molar-refractivity contribution is -0.146. The summed E-state index contributed by atoms with van der Waals surface area (Å²) in [5.74, 6) is -1.47. The first-order chi connectivity index (χ1) is 8.95. The highest BCUT2D eigenvalue weighted by Crippen LogP contribution is 2.38. The van der Waals surface area contributed by atoms with Gasteiger partial charge in [-0.2, -0.15) is 0 Å². The van der Waals surface area contributed by atoms with Crippen LogP contribution in [0.15, 0.2) is 0 Å². The van der Waals surface area contributed by atoms with Crippen LogP contribution in [0.4, 0.5) is 0 Å². The molecule has 0 bridgehead atoms. The van der Waals surface area contributed by atoms with E-state index in [1.54, 1.807) is 0 Å². The number of carbonyl (C=O) groups is 2. The lowest BCUT2D eigenvalue weighted by atomic mass is 9.88. The van der Waals surface area contributed by atoms with Gasteiger partial charge in [0.05, 0.1) is 25.0 Å². The van der Waals surface area contributed by atoms with Crippen LogP contribution in [0, 0.1) is 23.2 Å². The highest BCUT2D eigenvalue weighted by atomic mass is 16.5. The highest BCUT2D eigenvalue weighted by Gasteiger charge is 2.43. The van der Waals surface area contributed by atoms with Gasteiger partial charge in [-0.3, -0.25) is 9.59 Å². The standard InChI is InChI=1S/C14H23NO4/c1-3-9-4-10(11(5-9)13(17)18)12(16)15-6-14(2)7-19-8-14/h9-11H,3-8H2,1-2H3,(H,15,16)(H,17,18)/t9?,10-,11+/m0/s1. The van der Waals surface area contributed by atoms with Crippen molar-refractivity contribution in [2.24, 2.45) is 23.2 Å². The minimum Gasteiger partial charge on any atom is -0.481 e. The molecule has 0 spiro atoms. The lowest BCUT2D eigenvalue weighted by Crippen LogP contribution is -2.50. The van der Waals surface area contributed by atoms with Gasteiger partial charge in [-0.15, -0.1) is 0 Å². The Hall–Kier alpha value is -1.10. The Kier molecular flexibility index (Phi) is 4.13. The van der Waals surface area contributed by atoms with E-state index >= 15 is 0 Å². The number of ether oxygens (including phenoxy) is 1. The summed E-state index contributed by atoms with van der Waals surface area (Å²) in [5, 5.41) is 12.1. The van der Waals surface area contributed by atoms with Gasteiger partial charge in [-0.25, -0.2) is 0 Å². The van der Waals surface area contributed by atoms with E-state index in [1.165, 1.54) is 0 Å². The molecule has 1 aliphatic carbocycles. The Labute approximate surface area is 113 Å². The van der Waals surface area contributed by atoms with Crippen LogP contribution in [0.1, 0.15) is 33.1 Å².